The molecular formula is C10H6ClNO3. The number of nitrogens with one attached hydrogen (secondary N) is 1. The number of hydrogen-bond acceptors (Lipinski definition) is 3. The number of halogens is 1. The molecule has 1 aromatic rings. The molecule has 4 nitrogen and oxygen atoms in total. The van der Waals surface area contributed by atoms with E-state index in [1.165, 1.54) is 0 Å². The van der Waals surface area contributed by atoms with Crippen molar-refractivity contribution in [3.63, 3.8) is 0 Å². The Morgan fingerprint density at radius 3 is 2.13 bits per heavy atom. The fourth-order valence-electron chi connectivity index (χ4n) is 1.33. The molecule has 1 aromatic carbocycles. The third kappa shape index (κ3) is 1.59. The molecule has 0 aliphatic carbocycles. The number of carbonyl (C=O) groups excluding carboxylic acids is 2. The van der Waals surface area contributed by atoms with Crippen LogP contribution >= 0.6 is 11.6 Å². The van der Waals surface area contributed by atoms with Gasteiger partial charge in [-0.2, -0.15) is 0 Å². The summed E-state index contributed by atoms with van der Waals surface area (Å²) in [5, 5.41) is 11.9. The van der Waals surface area contributed by atoms with E-state index in [2.05, 4.69) is 0 Å². The van der Waals surface area contributed by atoms with Crippen molar-refractivity contribution >= 4 is 29.0 Å². The minimum atomic E-state index is -0.773. The van der Waals surface area contributed by atoms with Crippen LogP contribution in [0.5, 0.6) is 0 Å². The lowest BCUT2D eigenvalue weighted by atomic mass is 10.1. The topological polar surface area (TPSA) is 66.4 Å². The number of carbonyl (C=O) groups is 2. The average Bonchev–Trinajstić information content (AvgIpc) is 2.44. The summed E-state index contributed by atoms with van der Waals surface area (Å²) in [6, 6.07) is 6.28. The van der Waals surface area contributed by atoms with Crippen molar-refractivity contribution in [3.8, 4) is 0 Å². The summed E-state index contributed by atoms with van der Waals surface area (Å²) in [6.45, 7) is 0. The minimum Gasteiger partial charge on any atom is -0.502 e. The van der Waals surface area contributed by atoms with Crippen molar-refractivity contribution < 1.29 is 14.7 Å². The standard InChI is InChI=1S/C10H6ClNO3/c11-6-3-1-5(2-4-6)7-8(13)10(15)12-9(7)14/h1-4H,(H2,12,13,14,15). The van der Waals surface area contributed by atoms with Crippen LogP contribution in [-0.4, -0.2) is 16.9 Å². The highest BCUT2D eigenvalue weighted by Crippen LogP contribution is 2.23. The molecule has 0 unspecified atom stereocenters. The normalized spacial score (nSPS) is 15.8. The first-order chi connectivity index (χ1) is 7.09. The summed E-state index contributed by atoms with van der Waals surface area (Å²) < 4.78 is 0. The lowest BCUT2D eigenvalue weighted by Gasteiger charge is -1.99. The van der Waals surface area contributed by atoms with E-state index in [0.29, 0.717) is 10.6 Å². The van der Waals surface area contributed by atoms with E-state index in [1.807, 2.05) is 5.32 Å². The molecule has 0 bridgehead atoms. The molecule has 0 radical (unpaired) electrons. The largest absolute Gasteiger partial charge is 0.502 e. The highest BCUT2D eigenvalue weighted by Gasteiger charge is 2.30. The van der Waals surface area contributed by atoms with Gasteiger partial charge in [-0.25, -0.2) is 0 Å². The monoisotopic (exact) mass is 223 g/mol. The lowest BCUT2D eigenvalue weighted by Crippen LogP contribution is -2.22. The Balaban J connectivity index is 2.51. The number of amides is 2. The van der Waals surface area contributed by atoms with E-state index in [1.54, 1.807) is 24.3 Å². The van der Waals surface area contributed by atoms with Gasteiger partial charge < -0.3 is 5.11 Å². The van der Waals surface area contributed by atoms with Crippen LogP contribution in [0.2, 0.25) is 5.02 Å². The molecule has 2 rings (SSSR count). The summed E-state index contributed by atoms with van der Waals surface area (Å²) in [5.41, 5.74) is 0.442. The molecule has 2 N–H and O–H groups in total. The first-order valence-corrected chi connectivity index (χ1v) is 4.52. The van der Waals surface area contributed by atoms with Crippen LogP contribution in [0.1, 0.15) is 5.56 Å². The van der Waals surface area contributed by atoms with Crippen LogP contribution < -0.4 is 5.32 Å². The molecule has 0 saturated heterocycles. The third-order valence-electron chi connectivity index (χ3n) is 2.04. The molecule has 0 fully saturated rings. The Labute approximate surface area is 90.2 Å². The molecule has 76 valence electrons. The molecule has 0 atom stereocenters. The summed E-state index contributed by atoms with van der Waals surface area (Å²) in [7, 11) is 0. The van der Waals surface area contributed by atoms with E-state index >= 15 is 0 Å². The summed E-state index contributed by atoms with van der Waals surface area (Å²) in [6.07, 6.45) is 0. The van der Waals surface area contributed by atoms with Gasteiger partial charge in [0.1, 0.15) is 0 Å². The SMILES string of the molecule is O=C1NC(=O)C(c2ccc(Cl)cc2)=C1O. The van der Waals surface area contributed by atoms with Crippen molar-refractivity contribution in [1.82, 2.24) is 5.32 Å². The summed E-state index contributed by atoms with van der Waals surface area (Å²) >= 11 is 5.67. The van der Waals surface area contributed by atoms with E-state index in [-0.39, 0.29) is 5.57 Å². The van der Waals surface area contributed by atoms with Gasteiger partial charge in [-0.05, 0) is 17.7 Å². The second-order valence-electron chi connectivity index (χ2n) is 3.01. The van der Waals surface area contributed by atoms with Crippen LogP contribution in [0.15, 0.2) is 30.0 Å². The molecule has 1 aliphatic rings. The Kier molecular flexibility index (Phi) is 2.21. The van der Waals surface area contributed by atoms with Gasteiger partial charge in [-0.15, -0.1) is 0 Å². The maximum Gasteiger partial charge on any atom is 0.293 e. The first kappa shape index (κ1) is 9.73. The van der Waals surface area contributed by atoms with Crippen LogP contribution in [0.25, 0.3) is 5.57 Å². The van der Waals surface area contributed by atoms with Crippen molar-refractivity contribution in [2.75, 3.05) is 0 Å². The highest BCUT2D eigenvalue weighted by atomic mass is 35.5. The van der Waals surface area contributed by atoms with Crippen molar-refractivity contribution in [2.24, 2.45) is 0 Å². The smallest absolute Gasteiger partial charge is 0.293 e. The number of imide groups is 1. The second kappa shape index (κ2) is 3.40. The molecule has 1 aliphatic heterocycles. The molecular weight excluding hydrogens is 218 g/mol. The van der Waals surface area contributed by atoms with E-state index in [9.17, 15) is 14.7 Å². The van der Waals surface area contributed by atoms with Crippen LogP contribution in [-0.2, 0) is 9.59 Å². The Bertz CT molecular complexity index is 476. The van der Waals surface area contributed by atoms with Gasteiger partial charge in [-0.1, -0.05) is 23.7 Å². The Hall–Kier alpha value is -1.81. The molecule has 5 heteroatoms. The van der Waals surface area contributed by atoms with Gasteiger partial charge in [0.05, 0.1) is 5.57 Å². The highest BCUT2D eigenvalue weighted by molar-refractivity contribution is 6.35. The van der Waals surface area contributed by atoms with Crippen molar-refractivity contribution in [2.45, 2.75) is 0 Å². The maximum absolute atomic E-state index is 11.3. The Morgan fingerprint density at radius 2 is 1.67 bits per heavy atom. The number of benzene rings is 1. The molecule has 15 heavy (non-hydrogen) atoms. The number of hydrogen-bond donors (Lipinski definition) is 2. The van der Waals surface area contributed by atoms with Gasteiger partial charge in [0, 0.05) is 5.02 Å². The van der Waals surface area contributed by atoms with Gasteiger partial charge >= 0.3 is 0 Å². The maximum atomic E-state index is 11.3. The second-order valence-corrected chi connectivity index (χ2v) is 3.45. The van der Waals surface area contributed by atoms with Crippen molar-refractivity contribution in [3.05, 3.63) is 40.6 Å². The lowest BCUT2D eigenvalue weighted by molar-refractivity contribution is -0.124. The van der Waals surface area contributed by atoms with Crippen LogP contribution in [0.3, 0.4) is 0 Å². The van der Waals surface area contributed by atoms with Crippen molar-refractivity contribution in [1.29, 1.82) is 0 Å². The van der Waals surface area contributed by atoms with E-state index in [0.717, 1.165) is 0 Å². The summed E-state index contributed by atoms with van der Waals surface area (Å²) in [5.74, 6) is -1.92. The molecule has 0 spiro atoms. The summed E-state index contributed by atoms with van der Waals surface area (Å²) in [4.78, 5) is 22.3. The zero-order valence-electron chi connectivity index (χ0n) is 7.45. The average molecular weight is 224 g/mol. The van der Waals surface area contributed by atoms with Crippen LogP contribution in [0, 0.1) is 0 Å². The Morgan fingerprint density at radius 1 is 1.07 bits per heavy atom. The number of rotatable bonds is 1. The number of aliphatic hydroxyl groups is 1. The fraction of sp³-hybridized carbons (Fsp3) is 0. The molecule has 0 saturated carbocycles. The number of aliphatic hydroxyl groups excluding tert-OH is 1. The molecule has 1 heterocycles. The zero-order chi connectivity index (χ0) is 11.0. The zero-order valence-corrected chi connectivity index (χ0v) is 8.21. The van der Waals surface area contributed by atoms with E-state index in [4.69, 9.17) is 11.6 Å². The van der Waals surface area contributed by atoms with Gasteiger partial charge in [0.2, 0.25) is 0 Å². The van der Waals surface area contributed by atoms with Gasteiger partial charge in [0.15, 0.2) is 5.76 Å². The van der Waals surface area contributed by atoms with Crippen LogP contribution in [0.4, 0.5) is 0 Å². The fourth-order valence-corrected chi connectivity index (χ4v) is 1.46. The predicted molar refractivity (Wildman–Crippen MR) is 54.2 cm³/mol. The first-order valence-electron chi connectivity index (χ1n) is 4.14. The molecule has 0 aromatic heterocycles. The third-order valence-corrected chi connectivity index (χ3v) is 2.29. The minimum absolute atomic E-state index is 0.0170. The van der Waals surface area contributed by atoms with Gasteiger partial charge in [0.25, 0.3) is 11.8 Å². The van der Waals surface area contributed by atoms with Gasteiger partial charge in [-0.3, -0.25) is 14.9 Å². The quantitative estimate of drug-likeness (QED) is 0.705. The van der Waals surface area contributed by atoms with E-state index < -0.39 is 17.6 Å². The molecule has 2 amide bonds. The predicted octanol–water partition coefficient (Wildman–Crippen LogP) is 1.27.